The molecule has 0 aliphatic heterocycles. The zero-order chi connectivity index (χ0) is 17.3. The van der Waals surface area contributed by atoms with E-state index in [-0.39, 0.29) is 18.1 Å². The second-order valence-corrected chi connectivity index (χ2v) is 6.34. The fraction of sp³-hybridized carbons (Fsp3) is 0.375. The first kappa shape index (κ1) is 16.3. The van der Waals surface area contributed by atoms with Crippen LogP contribution in [0.15, 0.2) is 29.3 Å². The first-order valence-corrected chi connectivity index (χ1v) is 7.96. The molecule has 124 valence electrons. The van der Waals surface area contributed by atoms with Crippen molar-refractivity contribution in [1.82, 2.24) is 14.3 Å². The number of benzene rings is 1. The lowest BCUT2D eigenvalue weighted by Gasteiger charge is -2.24. The molecular formula is C16H16ClN5O2. The molecule has 0 radical (unpaired) electrons. The summed E-state index contributed by atoms with van der Waals surface area (Å²) in [6.45, 7) is 0.333. The van der Waals surface area contributed by atoms with E-state index in [1.807, 2.05) is 0 Å². The Morgan fingerprint density at radius 3 is 2.83 bits per heavy atom. The maximum absolute atomic E-state index is 12.8. The first-order chi connectivity index (χ1) is 11.5. The number of hydrogen-bond donors (Lipinski definition) is 0. The van der Waals surface area contributed by atoms with Crippen molar-refractivity contribution in [3.05, 3.63) is 45.6 Å². The van der Waals surface area contributed by atoms with Crippen molar-refractivity contribution >= 4 is 23.2 Å². The third-order valence-corrected chi connectivity index (χ3v) is 4.22. The Kier molecular flexibility index (Phi) is 4.40. The number of rotatable bonds is 5. The first-order valence-electron chi connectivity index (χ1n) is 7.58. The van der Waals surface area contributed by atoms with Crippen LogP contribution in [0.5, 0.6) is 0 Å². The third-order valence-electron chi connectivity index (χ3n) is 3.98. The highest BCUT2D eigenvalue weighted by molar-refractivity contribution is 6.31. The normalized spacial score (nSPS) is 13.5. The fourth-order valence-corrected chi connectivity index (χ4v) is 2.62. The van der Waals surface area contributed by atoms with Crippen molar-refractivity contribution < 1.29 is 4.79 Å². The molecule has 0 bridgehead atoms. The molecule has 1 saturated carbocycles. The van der Waals surface area contributed by atoms with E-state index in [1.165, 1.54) is 10.9 Å². The topological polar surface area (TPSA) is 83.9 Å². The minimum Gasteiger partial charge on any atom is -0.309 e. The van der Waals surface area contributed by atoms with E-state index in [0.29, 0.717) is 28.7 Å². The van der Waals surface area contributed by atoms with E-state index >= 15 is 0 Å². The molecule has 2 aromatic rings. The molecule has 0 spiro atoms. The number of anilines is 1. The predicted molar refractivity (Wildman–Crippen MR) is 88.7 cm³/mol. The van der Waals surface area contributed by atoms with E-state index in [9.17, 15) is 14.9 Å². The average molecular weight is 346 g/mol. The van der Waals surface area contributed by atoms with Crippen LogP contribution < -0.4 is 10.6 Å². The zero-order valence-electron chi connectivity index (χ0n) is 13.1. The maximum atomic E-state index is 12.8. The van der Waals surface area contributed by atoms with Gasteiger partial charge in [-0.25, -0.2) is 9.48 Å². The van der Waals surface area contributed by atoms with Crippen LogP contribution >= 0.6 is 11.6 Å². The molecule has 0 N–H and O–H groups in total. The summed E-state index contributed by atoms with van der Waals surface area (Å²) in [7, 11) is 1.57. The fourth-order valence-electron chi connectivity index (χ4n) is 2.46. The summed E-state index contributed by atoms with van der Waals surface area (Å²) < 4.78 is 2.41. The Balaban J connectivity index is 1.93. The number of aromatic nitrogens is 3. The standard InChI is InChI=1S/C16H16ClN5O2/c1-20-10-19-22(16(20)24)9-15(23)21(8-11-2-3-11)14-6-13(17)5-4-12(14)7-18/h4-6,10-11H,2-3,8-9H2,1H3. The molecule has 1 amide bonds. The number of carbonyl (C=O) groups excluding carboxylic acids is 1. The summed E-state index contributed by atoms with van der Waals surface area (Å²) in [6, 6.07) is 6.92. The lowest BCUT2D eigenvalue weighted by atomic mass is 10.1. The Bertz CT molecular complexity index is 875. The largest absolute Gasteiger partial charge is 0.345 e. The summed E-state index contributed by atoms with van der Waals surface area (Å²) in [5.41, 5.74) is 0.494. The van der Waals surface area contributed by atoms with Gasteiger partial charge in [0.15, 0.2) is 0 Å². The molecule has 1 fully saturated rings. The van der Waals surface area contributed by atoms with Gasteiger partial charge in [0, 0.05) is 18.6 Å². The second-order valence-electron chi connectivity index (χ2n) is 5.90. The van der Waals surface area contributed by atoms with Crippen LogP contribution in [0.25, 0.3) is 0 Å². The third kappa shape index (κ3) is 3.34. The van der Waals surface area contributed by atoms with Gasteiger partial charge < -0.3 is 4.90 Å². The molecule has 1 aliphatic carbocycles. The van der Waals surface area contributed by atoms with Crippen molar-refractivity contribution in [2.45, 2.75) is 19.4 Å². The van der Waals surface area contributed by atoms with Gasteiger partial charge in [-0.1, -0.05) is 11.6 Å². The lowest BCUT2D eigenvalue weighted by molar-refractivity contribution is -0.119. The van der Waals surface area contributed by atoms with Crippen LogP contribution in [0.1, 0.15) is 18.4 Å². The van der Waals surface area contributed by atoms with Crippen LogP contribution in [0.2, 0.25) is 5.02 Å². The molecule has 7 nitrogen and oxygen atoms in total. The Morgan fingerprint density at radius 2 is 2.25 bits per heavy atom. The minimum absolute atomic E-state index is 0.177. The van der Waals surface area contributed by atoms with Gasteiger partial charge in [-0.3, -0.25) is 9.36 Å². The monoisotopic (exact) mass is 345 g/mol. The van der Waals surface area contributed by atoms with Crippen molar-refractivity contribution in [1.29, 1.82) is 5.26 Å². The highest BCUT2D eigenvalue weighted by Gasteiger charge is 2.29. The SMILES string of the molecule is Cn1cnn(CC(=O)N(CC2CC2)c2cc(Cl)ccc2C#N)c1=O. The summed E-state index contributed by atoms with van der Waals surface area (Å²) >= 11 is 6.05. The minimum atomic E-state index is -0.360. The van der Waals surface area contributed by atoms with E-state index < -0.39 is 0 Å². The number of nitrogens with zero attached hydrogens (tertiary/aromatic N) is 5. The number of amides is 1. The lowest BCUT2D eigenvalue weighted by Crippen LogP contribution is -2.38. The van der Waals surface area contributed by atoms with Gasteiger partial charge in [0.1, 0.15) is 18.9 Å². The summed E-state index contributed by atoms with van der Waals surface area (Å²) in [5.74, 6) is 0.126. The number of carbonyl (C=O) groups is 1. The van der Waals surface area contributed by atoms with Gasteiger partial charge in [0.2, 0.25) is 5.91 Å². The van der Waals surface area contributed by atoms with Gasteiger partial charge in [-0.2, -0.15) is 10.4 Å². The van der Waals surface area contributed by atoms with Crippen LogP contribution in [0.4, 0.5) is 5.69 Å². The van der Waals surface area contributed by atoms with E-state index in [2.05, 4.69) is 11.2 Å². The van der Waals surface area contributed by atoms with Crippen LogP contribution in [-0.4, -0.2) is 26.8 Å². The smallest absolute Gasteiger partial charge is 0.309 e. The molecule has 3 rings (SSSR count). The number of hydrogen-bond acceptors (Lipinski definition) is 4. The predicted octanol–water partition coefficient (Wildman–Crippen LogP) is 1.55. The molecule has 0 atom stereocenters. The van der Waals surface area contributed by atoms with Gasteiger partial charge >= 0.3 is 5.69 Å². The molecule has 0 saturated heterocycles. The zero-order valence-corrected chi connectivity index (χ0v) is 13.9. The number of halogens is 1. The van der Waals surface area contributed by atoms with Crippen molar-refractivity contribution in [2.24, 2.45) is 13.0 Å². The number of nitriles is 1. The summed E-state index contributed by atoms with van der Waals surface area (Å²) in [5, 5.41) is 13.7. The summed E-state index contributed by atoms with van der Waals surface area (Å²) in [4.78, 5) is 26.2. The number of aryl methyl sites for hydroxylation is 1. The molecule has 8 heteroatoms. The molecule has 0 unspecified atom stereocenters. The van der Waals surface area contributed by atoms with Gasteiger partial charge in [-0.15, -0.1) is 0 Å². The van der Waals surface area contributed by atoms with Gasteiger partial charge in [-0.05, 0) is 37.0 Å². The van der Waals surface area contributed by atoms with Crippen molar-refractivity contribution in [3.8, 4) is 6.07 Å². The molecule has 1 heterocycles. The van der Waals surface area contributed by atoms with E-state index in [4.69, 9.17) is 11.6 Å². The molecule has 1 aliphatic rings. The van der Waals surface area contributed by atoms with Gasteiger partial charge in [0.05, 0.1) is 11.3 Å². The Labute approximate surface area is 143 Å². The highest BCUT2D eigenvalue weighted by Crippen LogP contribution is 2.33. The quantitative estimate of drug-likeness (QED) is 0.823. The van der Waals surface area contributed by atoms with Crippen molar-refractivity contribution in [2.75, 3.05) is 11.4 Å². The average Bonchev–Trinajstić information content (AvgIpc) is 3.34. The molecule has 1 aromatic heterocycles. The van der Waals surface area contributed by atoms with E-state index in [1.54, 1.807) is 30.1 Å². The van der Waals surface area contributed by atoms with Crippen LogP contribution in [-0.2, 0) is 18.4 Å². The molecule has 1 aromatic carbocycles. The highest BCUT2D eigenvalue weighted by atomic mass is 35.5. The second kappa shape index (κ2) is 6.49. The Hall–Kier alpha value is -2.59. The summed E-state index contributed by atoms with van der Waals surface area (Å²) in [6.07, 6.45) is 3.46. The van der Waals surface area contributed by atoms with Crippen LogP contribution in [0.3, 0.4) is 0 Å². The maximum Gasteiger partial charge on any atom is 0.345 e. The Morgan fingerprint density at radius 1 is 1.50 bits per heavy atom. The van der Waals surface area contributed by atoms with Crippen molar-refractivity contribution in [3.63, 3.8) is 0 Å². The molecular weight excluding hydrogens is 330 g/mol. The van der Waals surface area contributed by atoms with Gasteiger partial charge in [0.25, 0.3) is 0 Å². The van der Waals surface area contributed by atoms with E-state index in [0.717, 1.165) is 17.5 Å². The van der Waals surface area contributed by atoms with Crippen LogP contribution in [0, 0.1) is 17.2 Å². The molecule has 24 heavy (non-hydrogen) atoms.